The van der Waals surface area contributed by atoms with Gasteiger partial charge in [-0.15, -0.1) is 0 Å². The van der Waals surface area contributed by atoms with E-state index in [-0.39, 0.29) is 12.1 Å². The predicted octanol–water partition coefficient (Wildman–Crippen LogP) is 1.07. The van der Waals surface area contributed by atoms with E-state index in [0.717, 1.165) is 12.5 Å². The smallest absolute Gasteiger partial charge is 0.261 e. The van der Waals surface area contributed by atoms with E-state index >= 15 is 0 Å². The van der Waals surface area contributed by atoms with Gasteiger partial charge in [-0.05, 0) is 31.4 Å². The minimum absolute atomic E-state index is 0.0614. The summed E-state index contributed by atoms with van der Waals surface area (Å²) in [6.07, 6.45) is 3.40. The normalized spacial score (nSPS) is 24.3. The van der Waals surface area contributed by atoms with E-state index in [1.54, 1.807) is 7.11 Å². The first kappa shape index (κ1) is 13.4. The van der Waals surface area contributed by atoms with Crippen LogP contribution in [0.4, 0.5) is 4.39 Å². The fourth-order valence-electron chi connectivity index (χ4n) is 2.11. The molecule has 1 fully saturated rings. The summed E-state index contributed by atoms with van der Waals surface area (Å²) in [7, 11) is -2.30. The average Bonchev–Trinajstić information content (AvgIpc) is 2.76. The van der Waals surface area contributed by atoms with Crippen LogP contribution in [0.1, 0.15) is 19.3 Å². The van der Waals surface area contributed by atoms with Crippen molar-refractivity contribution in [1.29, 1.82) is 0 Å². The molecule has 0 aliphatic heterocycles. The zero-order valence-electron chi connectivity index (χ0n) is 9.97. The second-order valence-electron chi connectivity index (χ2n) is 4.28. The maximum atomic E-state index is 13.4. The van der Waals surface area contributed by atoms with E-state index in [1.807, 2.05) is 0 Å². The van der Waals surface area contributed by atoms with Crippen LogP contribution in [0.2, 0.25) is 0 Å². The van der Waals surface area contributed by atoms with Gasteiger partial charge < -0.3 is 4.74 Å². The van der Waals surface area contributed by atoms with Gasteiger partial charge in [-0.1, -0.05) is 0 Å². The van der Waals surface area contributed by atoms with Gasteiger partial charge in [0.15, 0.2) is 5.82 Å². The van der Waals surface area contributed by atoms with Gasteiger partial charge in [0.25, 0.3) is 10.0 Å². The van der Waals surface area contributed by atoms with Crippen LogP contribution in [-0.4, -0.2) is 32.7 Å². The molecule has 1 heterocycles. The van der Waals surface area contributed by atoms with Crippen LogP contribution >= 0.6 is 0 Å². The molecule has 0 bridgehead atoms. The van der Waals surface area contributed by atoms with E-state index in [2.05, 4.69) is 9.71 Å². The lowest BCUT2D eigenvalue weighted by molar-refractivity contribution is 0.107. The molecule has 1 N–H and O–H groups in total. The lowest BCUT2D eigenvalue weighted by Crippen LogP contribution is -2.34. The summed E-state index contributed by atoms with van der Waals surface area (Å²) < 4.78 is 44.9. The molecule has 2 unspecified atom stereocenters. The Balaban J connectivity index is 2.11. The zero-order valence-corrected chi connectivity index (χ0v) is 10.8. The molecule has 0 spiro atoms. The molecule has 1 aliphatic carbocycles. The Morgan fingerprint density at radius 2 is 2.28 bits per heavy atom. The van der Waals surface area contributed by atoms with Gasteiger partial charge in [0.1, 0.15) is 0 Å². The summed E-state index contributed by atoms with van der Waals surface area (Å²) in [6.45, 7) is 0. The summed E-state index contributed by atoms with van der Waals surface area (Å²) in [6, 6.07) is 2.21. The standard InChI is InChI=1S/C11H15FN2O3S/c1-17-9-5-4-8(7-9)14-18(15,16)11-10(12)3-2-6-13-11/h2-3,6,8-9,14H,4-5,7H2,1H3. The molecule has 18 heavy (non-hydrogen) atoms. The SMILES string of the molecule is COC1CCC(NS(=O)(=O)c2ncccc2F)C1. The summed E-state index contributed by atoms with van der Waals surface area (Å²) >= 11 is 0. The highest BCUT2D eigenvalue weighted by Crippen LogP contribution is 2.23. The fourth-order valence-corrected chi connectivity index (χ4v) is 3.39. The van der Waals surface area contributed by atoms with E-state index in [9.17, 15) is 12.8 Å². The van der Waals surface area contributed by atoms with Crippen LogP contribution in [0.5, 0.6) is 0 Å². The quantitative estimate of drug-likeness (QED) is 0.891. The Hall–Kier alpha value is -1.05. The molecule has 0 amide bonds. The molecule has 1 aromatic heterocycles. The molecule has 1 aromatic rings. The van der Waals surface area contributed by atoms with Gasteiger partial charge in [-0.3, -0.25) is 0 Å². The molecule has 2 atom stereocenters. The topological polar surface area (TPSA) is 68.3 Å². The van der Waals surface area contributed by atoms with Crippen LogP contribution < -0.4 is 4.72 Å². The highest BCUT2D eigenvalue weighted by molar-refractivity contribution is 7.89. The molecular weight excluding hydrogens is 259 g/mol. The van der Waals surface area contributed by atoms with E-state index in [4.69, 9.17) is 4.74 Å². The molecule has 0 aromatic carbocycles. The monoisotopic (exact) mass is 274 g/mol. The van der Waals surface area contributed by atoms with Crippen molar-refractivity contribution >= 4 is 10.0 Å². The summed E-state index contributed by atoms with van der Waals surface area (Å²) in [5.41, 5.74) is 0. The van der Waals surface area contributed by atoms with Crippen molar-refractivity contribution in [3.63, 3.8) is 0 Å². The van der Waals surface area contributed by atoms with E-state index in [0.29, 0.717) is 12.8 Å². The van der Waals surface area contributed by atoms with Gasteiger partial charge in [-0.2, -0.15) is 0 Å². The van der Waals surface area contributed by atoms with Crippen LogP contribution in [-0.2, 0) is 14.8 Å². The number of ether oxygens (including phenoxy) is 1. The Bertz CT molecular complexity index is 521. The lowest BCUT2D eigenvalue weighted by Gasteiger charge is -2.13. The van der Waals surface area contributed by atoms with Gasteiger partial charge in [-0.25, -0.2) is 22.5 Å². The summed E-state index contributed by atoms with van der Waals surface area (Å²) in [4.78, 5) is 3.57. The van der Waals surface area contributed by atoms with Crippen LogP contribution in [0, 0.1) is 5.82 Å². The van der Waals surface area contributed by atoms with E-state index in [1.165, 1.54) is 12.3 Å². The minimum atomic E-state index is -3.90. The second kappa shape index (κ2) is 5.29. The summed E-state index contributed by atoms with van der Waals surface area (Å²) in [5.74, 6) is -0.841. The third-order valence-corrected chi connectivity index (χ3v) is 4.47. The van der Waals surface area contributed by atoms with E-state index < -0.39 is 20.9 Å². The first-order valence-electron chi connectivity index (χ1n) is 5.68. The zero-order chi connectivity index (χ0) is 13.2. The lowest BCUT2D eigenvalue weighted by atomic mass is 10.3. The molecular formula is C11H15FN2O3S. The van der Waals surface area contributed by atoms with Crippen molar-refractivity contribution in [2.45, 2.75) is 36.4 Å². The Morgan fingerprint density at radius 1 is 1.50 bits per heavy atom. The number of hydrogen-bond donors (Lipinski definition) is 1. The number of nitrogens with one attached hydrogen (secondary N) is 1. The third-order valence-electron chi connectivity index (χ3n) is 3.02. The number of hydrogen-bond acceptors (Lipinski definition) is 4. The Morgan fingerprint density at radius 3 is 2.89 bits per heavy atom. The number of sulfonamides is 1. The molecule has 1 aliphatic rings. The number of aromatic nitrogens is 1. The molecule has 5 nitrogen and oxygen atoms in total. The fraction of sp³-hybridized carbons (Fsp3) is 0.545. The number of nitrogens with zero attached hydrogens (tertiary/aromatic N) is 1. The van der Waals surface area contributed by atoms with Crippen LogP contribution in [0.25, 0.3) is 0 Å². The molecule has 1 saturated carbocycles. The maximum Gasteiger partial charge on any atom is 0.261 e. The summed E-state index contributed by atoms with van der Waals surface area (Å²) in [5, 5.41) is -0.550. The molecule has 0 saturated heterocycles. The van der Waals surface area contributed by atoms with Crippen molar-refractivity contribution in [3.05, 3.63) is 24.1 Å². The average molecular weight is 274 g/mol. The first-order valence-corrected chi connectivity index (χ1v) is 7.17. The molecule has 2 rings (SSSR count). The number of halogens is 1. The number of pyridine rings is 1. The van der Waals surface area contributed by atoms with Crippen molar-refractivity contribution in [2.24, 2.45) is 0 Å². The first-order chi connectivity index (χ1) is 8.53. The van der Waals surface area contributed by atoms with Crippen molar-refractivity contribution in [3.8, 4) is 0 Å². The van der Waals surface area contributed by atoms with Crippen molar-refractivity contribution in [1.82, 2.24) is 9.71 Å². The van der Waals surface area contributed by atoms with Crippen molar-refractivity contribution < 1.29 is 17.5 Å². The van der Waals surface area contributed by atoms with Crippen molar-refractivity contribution in [2.75, 3.05) is 7.11 Å². The van der Waals surface area contributed by atoms with Gasteiger partial charge >= 0.3 is 0 Å². The highest BCUT2D eigenvalue weighted by atomic mass is 32.2. The highest BCUT2D eigenvalue weighted by Gasteiger charge is 2.30. The minimum Gasteiger partial charge on any atom is -0.381 e. The Labute approximate surface area is 105 Å². The number of methoxy groups -OCH3 is 1. The molecule has 0 radical (unpaired) electrons. The Kier molecular flexibility index (Phi) is 3.94. The predicted molar refractivity (Wildman–Crippen MR) is 63.0 cm³/mol. The van der Waals surface area contributed by atoms with Crippen LogP contribution in [0.3, 0.4) is 0 Å². The number of rotatable bonds is 4. The van der Waals surface area contributed by atoms with Gasteiger partial charge in [0.2, 0.25) is 5.03 Å². The van der Waals surface area contributed by atoms with Gasteiger partial charge in [0.05, 0.1) is 6.10 Å². The third kappa shape index (κ3) is 2.85. The van der Waals surface area contributed by atoms with Crippen LogP contribution in [0.15, 0.2) is 23.4 Å². The maximum absolute atomic E-state index is 13.4. The second-order valence-corrected chi connectivity index (χ2v) is 5.91. The molecule has 100 valence electrons. The van der Waals surface area contributed by atoms with Gasteiger partial charge in [0, 0.05) is 19.3 Å². The molecule has 7 heteroatoms. The largest absolute Gasteiger partial charge is 0.381 e.